The molecule has 0 saturated heterocycles. The molecule has 0 aliphatic heterocycles. The molecule has 27 heavy (non-hydrogen) atoms. The Kier molecular flexibility index (Phi) is 5.56. The molecule has 11 heteroatoms. The molecule has 2 rings (SSSR count). The van der Waals surface area contributed by atoms with Gasteiger partial charge in [-0.15, -0.1) is 0 Å². The first-order chi connectivity index (χ1) is 12.7. The highest BCUT2D eigenvalue weighted by atomic mass is 16.6. The number of nitrogens with one attached hydrogen (secondary N) is 2. The third-order valence-electron chi connectivity index (χ3n) is 3.33. The van der Waals surface area contributed by atoms with Crippen LogP contribution in [0.3, 0.4) is 0 Å². The zero-order chi connectivity index (χ0) is 20.1. The van der Waals surface area contributed by atoms with Crippen molar-refractivity contribution in [3.05, 3.63) is 68.3 Å². The summed E-state index contributed by atoms with van der Waals surface area (Å²) in [6, 6.07) is 8.32. The average molecular weight is 372 g/mol. The summed E-state index contributed by atoms with van der Waals surface area (Å²) in [6.07, 6.45) is 0. The van der Waals surface area contributed by atoms with Gasteiger partial charge in [0.2, 0.25) is 5.91 Å². The van der Waals surface area contributed by atoms with E-state index in [0.717, 1.165) is 12.1 Å². The zero-order valence-electron chi connectivity index (χ0n) is 13.8. The van der Waals surface area contributed by atoms with Crippen LogP contribution in [0, 0.1) is 20.2 Å². The number of non-ortho nitro benzene ring substituents is 1. The number of nitrogens with zero attached hydrogens (tertiary/aromatic N) is 2. The molecule has 2 N–H and O–H groups in total. The first kappa shape index (κ1) is 19.2. The molecular formula is C16H12N4O7. The summed E-state index contributed by atoms with van der Waals surface area (Å²) in [7, 11) is 0. The summed E-state index contributed by atoms with van der Waals surface area (Å²) >= 11 is 0. The second kappa shape index (κ2) is 7.82. The van der Waals surface area contributed by atoms with E-state index >= 15 is 0 Å². The highest BCUT2D eigenvalue weighted by Gasteiger charge is 2.25. The highest BCUT2D eigenvalue weighted by Crippen LogP contribution is 2.29. The Morgan fingerprint density at radius 2 is 1.56 bits per heavy atom. The molecule has 138 valence electrons. The molecule has 2 aromatic carbocycles. The van der Waals surface area contributed by atoms with E-state index in [2.05, 4.69) is 10.6 Å². The Morgan fingerprint density at radius 3 is 2.15 bits per heavy atom. The van der Waals surface area contributed by atoms with E-state index in [9.17, 15) is 34.6 Å². The number of anilines is 2. The van der Waals surface area contributed by atoms with Gasteiger partial charge in [0.15, 0.2) is 0 Å². The molecule has 0 unspecified atom stereocenters. The minimum Gasteiger partial charge on any atom is -0.326 e. The second-order valence-electron chi connectivity index (χ2n) is 5.23. The van der Waals surface area contributed by atoms with E-state index in [1.165, 1.54) is 25.1 Å². The van der Waals surface area contributed by atoms with Gasteiger partial charge in [-0.1, -0.05) is 12.1 Å². The Labute approximate surface area is 151 Å². The van der Waals surface area contributed by atoms with Crippen molar-refractivity contribution in [3.8, 4) is 0 Å². The van der Waals surface area contributed by atoms with Crippen LogP contribution in [-0.2, 0) is 9.59 Å². The molecule has 0 fully saturated rings. The molecule has 0 atom stereocenters. The van der Waals surface area contributed by atoms with Crippen LogP contribution in [0.1, 0.15) is 17.3 Å². The lowest BCUT2D eigenvalue weighted by atomic mass is 10.1. The third kappa shape index (κ3) is 4.48. The molecule has 2 amide bonds. The van der Waals surface area contributed by atoms with Gasteiger partial charge >= 0.3 is 0 Å². The van der Waals surface area contributed by atoms with E-state index in [1.807, 2.05) is 0 Å². The standard InChI is InChI=1S/C16H12N4O7/c1-9(21)17-12-5-3-2-4-11(12)15(22)16(23)18-13-7-6-10(19(24)25)8-14(13)20(26)27/h2-8H,1H3,(H,17,21)(H,18,23). The van der Waals surface area contributed by atoms with Gasteiger partial charge in [0.1, 0.15) is 5.69 Å². The Balaban J connectivity index is 2.33. The van der Waals surface area contributed by atoms with Gasteiger partial charge in [0, 0.05) is 13.0 Å². The number of benzene rings is 2. The number of ketones is 1. The van der Waals surface area contributed by atoms with Gasteiger partial charge in [-0.25, -0.2) is 0 Å². The van der Waals surface area contributed by atoms with Crippen molar-refractivity contribution in [2.45, 2.75) is 6.92 Å². The minimum atomic E-state index is -1.20. The van der Waals surface area contributed by atoms with E-state index < -0.39 is 38.8 Å². The molecule has 0 saturated carbocycles. The van der Waals surface area contributed by atoms with Crippen molar-refractivity contribution in [2.75, 3.05) is 10.6 Å². The maximum absolute atomic E-state index is 12.4. The topological polar surface area (TPSA) is 162 Å². The first-order valence-corrected chi connectivity index (χ1v) is 7.36. The summed E-state index contributed by atoms with van der Waals surface area (Å²) in [4.78, 5) is 55.9. The number of rotatable bonds is 6. The second-order valence-corrected chi connectivity index (χ2v) is 5.23. The van der Waals surface area contributed by atoms with E-state index in [-0.39, 0.29) is 16.9 Å². The number of hydrogen-bond donors (Lipinski definition) is 2. The highest BCUT2D eigenvalue weighted by molar-refractivity contribution is 6.47. The van der Waals surface area contributed by atoms with E-state index in [4.69, 9.17) is 0 Å². The zero-order valence-corrected chi connectivity index (χ0v) is 13.8. The Hall–Kier alpha value is -4.15. The summed E-state index contributed by atoms with van der Waals surface area (Å²) in [6.45, 7) is 1.22. The van der Waals surface area contributed by atoms with Crippen molar-refractivity contribution < 1.29 is 24.2 Å². The fourth-order valence-electron chi connectivity index (χ4n) is 2.17. The summed E-state index contributed by atoms with van der Waals surface area (Å²) < 4.78 is 0. The van der Waals surface area contributed by atoms with Crippen molar-refractivity contribution >= 4 is 40.3 Å². The largest absolute Gasteiger partial charge is 0.326 e. The molecule has 0 aliphatic carbocycles. The van der Waals surface area contributed by atoms with Crippen LogP contribution in [0.4, 0.5) is 22.7 Å². The minimum absolute atomic E-state index is 0.100. The number of nitro benzene ring substituents is 2. The lowest BCUT2D eigenvalue weighted by Crippen LogP contribution is -2.24. The van der Waals surface area contributed by atoms with Crippen LogP contribution < -0.4 is 10.6 Å². The Morgan fingerprint density at radius 1 is 0.889 bits per heavy atom. The van der Waals surface area contributed by atoms with Crippen molar-refractivity contribution in [2.24, 2.45) is 0 Å². The smallest absolute Gasteiger partial charge is 0.299 e. The monoisotopic (exact) mass is 372 g/mol. The number of hydrogen-bond acceptors (Lipinski definition) is 7. The predicted molar refractivity (Wildman–Crippen MR) is 93.5 cm³/mol. The Bertz CT molecular complexity index is 971. The molecule has 0 aliphatic rings. The van der Waals surface area contributed by atoms with Crippen LogP contribution >= 0.6 is 0 Å². The SMILES string of the molecule is CC(=O)Nc1ccccc1C(=O)C(=O)Nc1ccc([N+](=O)[O-])cc1[N+](=O)[O-]. The van der Waals surface area contributed by atoms with Crippen LogP contribution in [0.2, 0.25) is 0 Å². The summed E-state index contributed by atoms with van der Waals surface area (Å²) in [5, 5.41) is 26.3. The average Bonchev–Trinajstić information content (AvgIpc) is 2.61. The molecule has 0 aromatic heterocycles. The van der Waals surface area contributed by atoms with Gasteiger partial charge in [-0.3, -0.25) is 34.6 Å². The van der Waals surface area contributed by atoms with Crippen molar-refractivity contribution in [1.82, 2.24) is 0 Å². The fraction of sp³-hybridized carbons (Fsp3) is 0.0625. The first-order valence-electron chi connectivity index (χ1n) is 7.36. The van der Waals surface area contributed by atoms with Gasteiger partial charge in [0.25, 0.3) is 23.1 Å². The molecule has 2 aromatic rings. The lowest BCUT2D eigenvalue weighted by Gasteiger charge is -2.09. The van der Waals surface area contributed by atoms with Gasteiger partial charge < -0.3 is 10.6 Å². The number of amides is 2. The predicted octanol–water partition coefficient (Wildman–Crippen LogP) is 2.28. The lowest BCUT2D eigenvalue weighted by molar-refractivity contribution is -0.393. The quantitative estimate of drug-likeness (QED) is 0.340. The number of para-hydroxylation sites is 1. The number of carbonyl (C=O) groups excluding carboxylic acids is 3. The fourth-order valence-corrected chi connectivity index (χ4v) is 2.17. The number of nitro groups is 2. The normalized spacial score (nSPS) is 9.96. The van der Waals surface area contributed by atoms with Gasteiger partial charge in [-0.05, 0) is 18.2 Å². The number of carbonyl (C=O) groups is 3. The third-order valence-corrected chi connectivity index (χ3v) is 3.33. The molecular weight excluding hydrogens is 360 g/mol. The van der Waals surface area contributed by atoms with E-state index in [1.54, 1.807) is 6.07 Å². The maximum Gasteiger partial charge on any atom is 0.299 e. The number of Topliss-reactive ketones (excluding diaryl/α,β-unsaturated/α-hetero) is 1. The van der Waals surface area contributed by atoms with Gasteiger partial charge in [0.05, 0.1) is 27.2 Å². The van der Waals surface area contributed by atoms with Crippen LogP contribution in [0.25, 0.3) is 0 Å². The molecule has 0 bridgehead atoms. The molecule has 0 spiro atoms. The summed E-state index contributed by atoms with van der Waals surface area (Å²) in [5.41, 5.74) is -1.67. The van der Waals surface area contributed by atoms with Crippen LogP contribution in [-0.4, -0.2) is 27.4 Å². The van der Waals surface area contributed by atoms with E-state index in [0.29, 0.717) is 6.07 Å². The molecule has 0 heterocycles. The van der Waals surface area contributed by atoms with Crippen molar-refractivity contribution in [3.63, 3.8) is 0 Å². The van der Waals surface area contributed by atoms with Gasteiger partial charge in [-0.2, -0.15) is 0 Å². The maximum atomic E-state index is 12.4. The van der Waals surface area contributed by atoms with Crippen LogP contribution in [0.5, 0.6) is 0 Å². The summed E-state index contributed by atoms with van der Waals surface area (Å²) in [5.74, 6) is -2.71. The van der Waals surface area contributed by atoms with Crippen LogP contribution in [0.15, 0.2) is 42.5 Å². The molecule has 0 radical (unpaired) electrons. The van der Waals surface area contributed by atoms with Crippen molar-refractivity contribution in [1.29, 1.82) is 0 Å². The molecule has 11 nitrogen and oxygen atoms in total.